The van der Waals surface area contributed by atoms with E-state index in [2.05, 4.69) is 0 Å². The predicted octanol–water partition coefficient (Wildman–Crippen LogP) is 4.87. The van der Waals surface area contributed by atoms with Crippen LogP contribution in [0.2, 0.25) is 5.02 Å². The molecule has 0 aliphatic carbocycles. The highest BCUT2D eigenvalue weighted by atomic mass is 35.5. The molecular weight excluding hydrogens is 291 g/mol. The Morgan fingerprint density at radius 1 is 1.19 bits per heavy atom. The Kier molecular flexibility index (Phi) is 3.47. The maximum Gasteiger partial charge on any atom is 0.153 e. The number of hydrogen-bond acceptors (Lipinski definition) is 2. The van der Waals surface area contributed by atoms with Crippen molar-refractivity contribution < 1.29 is 13.9 Å². The minimum absolute atomic E-state index is 0.197. The Hall–Kier alpha value is -1.84. The average Bonchev–Trinajstić information content (AvgIpc) is 2.93. The van der Waals surface area contributed by atoms with Crippen LogP contribution in [0.1, 0.15) is 24.7 Å². The molecule has 3 aromatic rings. The van der Waals surface area contributed by atoms with Crippen LogP contribution in [0.5, 0.6) is 0 Å². The third-order valence-electron chi connectivity index (χ3n) is 3.73. The van der Waals surface area contributed by atoms with Crippen LogP contribution in [0, 0.1) is 5.82 Å². The summed E-state index contributed by atoms with van der Waals surface area (Å²) in [4.78, 5) is 0. The van der Waals surface area contributed by atoms with E-state index in [9.17, 15) is 9.50 Å². The smallest absolute Gasteiger partial charge is 0.153 e. The molecule has 0 amide bonds. The minimum Gasteiger partial charge on any atom is -0.456 e. The second kappa shape index (κ2) is 5.17. The van der Waals surface area contributed by atoms with Gasteiger partial charge in [0.25, 0.3) is 0 Å². The molecule has 4 heteroatoms. The summed E-state index contributed by atoms with van der Waals surface area (Å²) in [5.74, 6) is -0.174. The Labute approximate surface area is 126 Å². The fourth-order valence-electron chi connectivity index (χ4n) is 2.53. The predicted molar refractivity (Wildman–Crippen MR) is 80.9 cm³/mol. The highest BCUT2D eigenvalue weighted by molar-refractivity contribution is 6.34. The van der Waals surface area contributed by atoms with Crippen LogP contribution in [0.15, 0.2) is 52.9 Å². The van der Waals surface area contributed by atoms with Crippen molar-refractivity contribution in [2.75, 3.05) is 0 Å². The van der Waals surface area contributed by atoms with Crippen molar-refractivity contribution in [1.82, 2.24) is 0 Å². The standard InChI is InChI=1S/C17H14ClFO2/c1-2-17(20,12-7-3-4-9-14(12)19)15-10-11-6-5-8-13(18)16(11)21-15/h3-10,20H,2H2,1H3. The summed E-state index contributed by atoms with van der Waals surface area (Å²) in [6, 6.07) is 13.2. The van der Waals surface area contributed by atoms with Gasteiger partial charge >= 0.3 is 0 Å². The lowest BCUT2D eigenvalue weighted by molar-refractivity contribution is 0.0508. The van der Waals surface area contributed by atoms with Crippen molar-refractivity contribution in [1.29, 1.82) is 0 Å². The molecule has 0 radical (unpaired) electrons. The minimum atomic E-state index is -1.52. The van der Waals surface area contributed by atoms with Gasteiger partial charge in [-0.3, -0.25) is 0 Å². The second-order valence-corrected chi connectivity index (χ2v) is 5.37. The number of hydrogen-bond donors (Lipinski definition) is 1. The summed E-state index contributed by atoms with van der Waals surface area (Å²) in [6.45, 7) is 1.78. The topological polar surface area (TPSA) is 33.4 Å². The fraction of sp³-hybridized carbons (Fsp3) is 0.176. The van der Waals surface area contributed by atoms with Gasteiger partial charge in [0.2, 0.25) is 0 Å². The molecule has 0 saturated carbocycles. The van der Waals surface area contributed by atoms with Crippen molar-refractivity contribution in [3.05, 3.63) is 70.7 Å². The van der Waals surface area contributed by atoms with Crippen LogP contribution in [-0.4, -0.2) is 5.11 Å². The Balaban J connectivity index is 2.22. The van der Waals surface area contributed by atoms with Gasteiger partial charge < -0.3 is 9.52 Å². The fourth-order valence-corrected chi connectivity index (χ4v) is 2.75. The van der Waals surface area contributed by atoms with E-state index in [-0.39, 0.29) is 12.0 Å². The number of halogens is 2. The molecular formula is C17H14ClFO2. The monoisotopic (exact) mass is 304 g/mol. The van der Waals surface area contributed by atoms with Crippen molar-refractivity contribution in [3.8, 4) is 0 Å². The number of rotatable bonds is 3. The van der Waals surface area contributed by atoms with Gasteiger partial charge in [-0.1, -0.05) is 48.9 Å². The summed E-state index contributed by atoms with van der Waals surface area (Å²) in [5, 5.41) is 12.2. The quantitative estimate of drug-likeness (QED) is 0.749. The second-order valence-electron chi connectivity index (χ2n) is 4.96. The van der Waals surface area contributed by atoms with Gasteiger partial charge in [0.1, 0.15) is 17.2 Å². The van der Waals surface area contributed by atoms with Gasteiger partial charge in [-0.25, -0.2) is 4.39 Å². The maximum absolute atomic E-state index is 14.1. The van der Waals surface area contributed by atoms with Crippen LogP contribution < -0.4 is 0 Å². The molecule has 0 fully saturated rings. The Morgan fingerprint density at radius 2 is 1.95 bits per heavy atom. The van der Waals surface area contributed by atoms with Crippen LogP contribution in [-0.2, 0) is 5.60 Å². The summed E-state index contributed by atoms with van der Waals surface area (Å²) < 4.78 is 19.8. The molecule has 0 saturated heterocycles. The molecule has 1 unspecified atom stereocenters. The normalized spacial score (nSPS) is 14.3. The van der Waals surface area contributed by atoms with Crippen molar-refractivity contribution in [2.24, 2.45) is 0 Å². The van der Waals surface area contributed by atoms with Gasteiger partial charge in [0, 0.05) is 10.9 Å². The van der Waals surface area contributed by atoms with E-state index in [1.165, 1.54) is 6.07 Å². The summed E-state index contributed by atoms with van der Waals surface area (Å²) in [6.07, 6.45) is 0.283. The number of benzene rings is 2. The molecule has 0 spiro atoms. The lowest BCUT2D eigenvalue weighted by Gasteiger charge is -2.25. The van der Waals surface area contributed by atoms with E-state index in [0.717, 1.165) is 5.39 Å². The van der Waals surface area contributed by atoms with Gasteiger partial charge in [0.15, 0.2) is 5.58 Å². The Morgan fingerprint density at radius 3 is 2.62 bits per heavy atom. The zero-order valence-electron chi connectivity index (χ0n) is 11.4. The van der Waals surface area contributed by atoms with Crippen molar-refractivity contribution in [2.45, 2.75) is 18.9 Å². The molecule has 2 nitrogen and oxygen atoms in total. The molecule has 2 aromatic carbocycles. The lowest BCUT2D eigenvalue weighted by atomic mass is 9.88. The first-order chi connectivity index (χ1) is 10.1. The first-order valence-electron chi connectivity index (χ1n) is 6.72. The van der Waals surface area contributed by atoms with Gasteiger partial charge in [-0.05, 0) is 24.6 Å². The third-order valence-corrected chi connectivity index (χ3v) is 4.03. The van der Waals surface area contributed by atoms with Crippen LogP contribution in [0.3, 0.4) is 0 Å². The van der Waals surface area contributed by atoms with E-state index >= 15 is 0 Å². The lowest BCUT2D eigenvalue weighted by Crippen LogP contribution is -2.27. The highest BCUT2D eigenvalue weighted by Crippen LogP contribution is 2.38. The average molecular weight is 305 g/mol. The largest absolute Gasteiger partial charge is 0.456 e. The molecule has 1 heterocycles. The third kappa shape index (κ3) is 2.23. The number of fused-ring (bicyclic) bond motifs is 1. The first kappa shape index (κ1) is 14.1. The van der Waals surface area contributed by atoms with Gasteiger partial charge in [-0.2, -0.15) is 0 Å². The molecule has 0 aliphatic heterocycles. The zero-order valence-corrected chi connectivity index (χ0v) is 12.2. The van der Waals surface area contributed by atoms with Crippen LogP contribution in [0.25, 0.3) is 11.0 Å². The van der Waals surface area contributed by atoms with E-state index in [0.29, 0.717) is 16.4 Å². The molecule has 0 bridgehead atoms. The Bertz CT molecular complexity index is 796. The molecule has 21 heavy (non-hydrogen) atoms. The first-order valence-corrected chi connectivity index (χ1v) is 7.10. The maximum atomic E-state index is 14.1. The van der Waals surface area contributed by atoms with Crippen molar-refractivity contribution in [3.63, 3.8) is 0 Å². The summed E-state index contributed by atoms with van der Waals surface area (Å²) in [5.41, 5.74) is -0.826. The molecule has 1 N–H and O–H groups in total. The van der Waals surface area contributed by atoms with E-state index in [1.54, 1.807) is 43.3 Å². The van der Waals surface area contributed by atoms with Crippen LogP contribution in [0.4, 0.5) is 4.39 Å². The van der Waals surface area contributed by atoms with E-state index in [4.69, 9.17) is 16.0 Å². The molecule has 3 rings (SSSR count). The molecule has 108 valence electrons. The van der Waals surface area contributed by atoms with Crippen molar-refractivity contribution >= 4 is 22.6 Å². The van der Waals surface area contributed by atoms with Gasteiger partial charge in [0.05, 0.1) is 5.02 Å². The van der Waals surface area contributed by atoms with Gasteiger partial charge in [-0.15, -0.1) is 0 Å². The number of para-hydroxylation sites is 1. The van der Waals surface area contributed by atoms with E-state index in [1.807, 2.05) is 6.07 Å². The highest BCUT2D eigenvalue weighted by Gasteiger charge is 2.35. The van der Waals surface area contributed by atoms with Crippen LogP contribution >= 0.6 is 11.6 Å². The molecule has 0 aliphatic rings. The summed E-state index contributed by atoms with van der Waals surface area (Å²) >= 11 is 6.09. The number of furan rings is 1. The van der Waals surface area contributed by atoms with E-state index < -0.39 is 11.4 Å². The number of aliphatic hydroxyl groups is 1. The molecule has 1 atom stereocenters. The molecule has 1 aromatic heterocycles. The SMILES string of the molecule is CCC(O)(c1cc2cccc(Cl)c2o1)c1ccccc1F. The zero-order chi connectivity index (χ0) is 15.0. The summed E-state index contributed by atoms with van der Waals surface area (Å²) in [7, 11) is 0.